The minimum atomic E-state index is 0.689. The van der Waals surface area contributed by atoms with Crippen molar-refractivity contribution in [3.05, 3.63) is 18.3 Å². The van der Waals surface area contributed by atoms with Crippen LogP contribution >= 0.6 is 0 Å². The molecule has 5 heteroatoms. The molecular weight excluding hydrogens is 158 g/mol. The summed E-state index contributed by atoms with van der Waals surface area (Å²) in [5.74, 6) is 0. The van der Waals surface area contributed by atoms with Gasteiger partial charge in [0.2, 0.25) is 0 Å². The zero-order valence-electron chi connectivity index (χ0n) is 5.89. The lowest BCUT2D eigenvalue weighted by Gasteiger charge is -1.82. The van der Waals surface area contributed by atoms with Crippen molar-refractivity contribution >= 4 is 22.0 Å². The Morgan fingerprint density at radius 2 is 2.17 bits per heavy atom. The van der Waals surface area contributed by atoms with Crippen LogP contribution in [0.15, 0.2) is 27.5 Å². The van der Waals surface area contributed by atoms with Gasteiger partial charge in [-0.3, -0.25) is 0 Å². The summed E-state index contributed by atoms with van der Waals surface area (Å²) >= 11 is 0. The zero-order chi connectivity index (χ0) is 7.97. The first-order chi connectivity index (χ1) is 5.95. The molecule has 5 nitrogen and oxygen atoms in total. The van der Waals surface area contributed by atoms with E-state index in [2.05, 4.69) is 20.1 Å². The summed E-state index contributed by atoms with van der Waals surface area (Å²) in [5.41, 5.74) is 2.10. The number of rotatable bonds is 0. The number of fused-ring (bicyclic) bond motifs is 3. The van der Waals surface area contributed by atoms with Gasteiger partial charge in [0.1, 0.15) is 11.0 Å². The van der Waals surface area contributed by atoms with Crippen molar-refractivity contribution in [2.24, 2.45) is 0 Å². The predicted octanol–water partition coefficient (Wildman–Crippen LogP) is 1.36. The van der Waals surface area contributed by atoms with Gasteiger partial charge in [0.05, 0.1) is 11.6 Å². The van der Waals surface area contributed by atoms with Gasteiger partial charge in [-0.05, 0) is 22.4 Å². The molecule has 0 aliphatic heterocycles. The van der Waals surface area contributed by atoms with Crippen molar-refractivity contribution < 1.29 is 9.15 Å². The van der Waals surface area contributed by atoms with Crippen molar-refractivity contribution in [2.45, 2.75) is 0 Å². The number of benzene rings is 1. The van der Waals surface area contributed by atoms with Crippen LogP contribution < -0.4 is 0 Å². The van der Waals surface area contributed by atoms with E-state index in [0.29, 0.717) is 16.6 Å². The zero-order valence-corrected chi connectivity index (χ0v) is 5.89. The number of nitrogens with zero attached hydrogens (tertiary/aromatic N) is 3. The highest BCUT2D eigenvalue weighted by molar-refractivity contribution is 6.00. The average Bonchev–Trinajstić information content (AvgIpc) is 2.71. The molecule has 0 aliphatic rings. The SMILES string of the molecule is c1cc2oncc2c2nonc12. The summed E-state index contributed by atoms with van der Waals surface area (Å²) < 4.78 is 9.51. The maximum Gasteiger partial charge on any atom is 0.169 e. The van der Waals surface area contributed by atoms with Crippen LogP contribution in [0.1, 0.15) is 0 Å². The summed E-state index contributed by atoms with van der Waals surface area (Å²) in [7, 11) is 0. The van der Waals surface area contributed by atoms with E-state index < -0.39 is 0 Å². The molecule has 0 radical (unpaired) electrons. The Bertz CT molecular complexity index is 490. The quantitative estimate of drug-likeness (QED) is 0.498. The highest BCUT2D eigenvalue weighted by Crippen LogP contribution is 2.21. The molecule has 0 unspecified atom stereocenters. The molecule has 0 fully saturated rings. The highest BCUT2D eigenvalue weighted by atomic mass is 16.6. The molecule has 12 heavy (non-hydrogen) atoms. The van der Waals surface area contributed by atoms with Crippen molar-refractivity contribution in [1.29, 1.82) is 0 Å². The first-order valence-corrected chi connectivity index (χ1v) is 3.41. The van der Waals surface area contributed by atoms with Gasteiger partial charge in [-0.1, -0.05) is 5.16 Å². The largest absolute Gasteiger partial charge is 0.356 e. The van der Waals surface area contributed by atoms with Crippen LogP contribution in [0, 0.1) is 0 Å². The normalized spacial score (nSPS) is 11.3. The first kappa shape index (κ1) is 5.70. The number of aromatic nitrogens is 3. The molecule has 58 valence electrons. The van der Waals surface area contributed by atoms with Crippen LogP contribution in [-0.4, -0.2) is 15.5 Å². The molecule has 3 rings (SSSR count). The third-order valence-electron chi connectivity index (χ3n) is 1.76. The van der Waals surface area contributed by atoms with E-state index in [9.17, 15) is 0 Å². The predicted molar refractivity (Wildman–Crippen MR) is 39.4 cm³/mol. The second kappa shape index (κ2) is 1.82. The van der Waals surface area contributed by atoms with E-state index in [1.54, 1.807) is 18.3 Å². The van der Waals surface area contributed by atoms with E-state index in [1.807, 2.05) is 0 Å². The van der Waals surface area contributed by atoms with Gasteiger partial charge in [-0.25, -0.2) is 4.63 Å². The molecule has 0 amide bonds. The molecule has 2 heterocycles. The van der Waals surface area contributed by atoms with Gasteiger partial charge in [0, 0.05) is 0 Å². The fraction of sp³-hybridized carbons (Fsp3) is 0. The molecule has 0 saturated heterocycles. The maximum atomic E-state index is 4.94. The third-order valence-corrected chi connectivity index (χ3v) is 1.76. The second-order valence-corrected chi connectivity index (χ2v) is 2.44. The van der Waals surface area contributed by atoms with Crippen LogP contribution in [-0.2, 0) is 0 Å². The Balaban J connectivity index is 2.71. The van der Waals surface area contributed by atoms with E-state index in [1.165, 1.54) is 0 Å². The first-order valence-electron chi connectivity index (χ1n) is 3.41. The van der Waals surface area contributed by atoms with Crippen LogP contribution in [0.4, 0.5) is 0 Å². The molecule has 0 N–H and O–H groups in total. The van der Waals surface area contributed by atoms with E-state index in [0.717, 1.165) is 5.39 Å². The summed E-state index contributed by atoms with van der Waals surface area (Å²) in [5, 5.41) is 11.9. The van der Waals surface area contributed by atoms with Crippen LogP contribution in [0.5, 0.6) is 0 Å². The van der Waals surface area contributed by atoms with E-state index in [-0.39, 0.29) is 0 Å². The monoisotopic (exact) mass is 161 g/mol. The molecular formula is C7H3N3O2. The summed E-state index contributed by atoms with van der Waals surface area (Å²) in [4.78, 5) is 0. The van der Waals surface area contributed by atoms with Gasteiger partial charge in [-0.2, -0.15) is 0 Å². The maximum absolute atomic E-state index is 4.94. The molecule has 0 spiro atoms. The smallest absolute Gasteiger partial charge is 0.169 e. The Hall–Kier alpha value is -1.91. The molecule has 0 aliphatic carbocycles. The lowest BCUT2D eigenvalue weighted by atomic mass is 10.2. The molecule has 0 saturated carbocycles. The average molecular weight is 161 g/mol. The topological polar surface area (TPSA) is 65.0 Å². The third kappa shape index (κ3) is 0.554. The van der Waals surface area contributed by atoms with Crippen LogP contribution in [0.3, 0.4) is 0 Å². The van der Waals surface area contributed by atoms with Crippen LogP contribution in [0.25, 0.3) is 22.0 Å². The fourth-order valence-corrected chi connectivity index (χ4v) is 1.19. The van der Waals surface area contributed by atoms with E-state index >= 15 is 0 Å². The minimum absolute atomic E-state index is 0.689. The summed E-state index contributed by atoms with van der Waals surface area (Å²) in [6, 6.07) is 3.56. The number of hydrogen-bond donors (Lipinski definition) is 0. The Kier molecular flexibility index (Phi) is 0.864. The minimum Gasteiger partial charge on any atom is -0.356 e. The van der Waals surface area contributed by atoms with Crippen molar-refractivity contribution in [2.75, 3.05) is 0 Å². The fourth-order valence-electron chi connectivity index (χ4n) is 1.19. The molecule has 0 atom stereocenters. The molecule has 2 aromatic heterocycles. The van der Waals surface area contributed by atoms with Crippen LogP contribution in [0.2, 0.25) is 0 Å². The number of hydrogen-bond acceptors (Lipinski definition) is 5. The lowest BCUT2D eigenvalue weighted by Crippen LogP contribution is -1.69. The lowest BCUT2D eigenvalue weighted by molar-refractivity contribution is 0.316. The molecule has 1 aromatic carbocycles. The standard InChI is InChI=1S/C7H3N3O2/c1-2-6-4(3-8-11-6)7-5(1)9-12-10-7/h1-3H. The van der Waals surface area contributed by atoms with Gasteiger partial charge < -0.3 is 4.52 Å². The Morgan fingerprint density at radius 1 is 1.17 bits per heavy atom. The van der Waals surface area contributed by atoms with Gasteiger partial charge in [-0.15, -0.1) is 0 Å². The molecule has 0 bridgehead atoms. The Morgan fingerprint density at radius 3 is 3.17 bits per heavy atom. The summed E-state index contributed by atoms with van der Waals surface area (Å²) in [6.45, 7) is 0. The van der Waals surface area contributed by atoms with Gasteiger partial charge in [0.25, 0.3) is 0 Å². The highest BCUT2D eigenvalue weighted by Gasteiger charge is 2.07. The van der Waals surface area contributed by atoms with Crippen molar-refractivity contribution in [3.8, 4) is 0 Å². The summed E-state index contributed by atoms with van der Waals surface area (Å²) in [6.07, 6.45) is 1.60. The van der Waals surface area contributed by atoms with Gasteiger partial charge >= 0.3 is 0 Å². The second-order valence-electron chi connectivity index (χ2n) is 2.44. The Labute approximate surface area is 65.9 Å². The van der Waals surface area contributed by atoms with Crippen molar-refractivity contribution in [1.82, 2.24) is 15.5 Å². The molecule has 3 aromatic rings. The van der Waals surface area contributed by atoms with Gasteiger partial charge in [0.15, 0.2) is 5.58 Å². The van der Waals surface area contributed by atoms with Crippen molar-refractivity contribution in [3.63, 3.8) is 0 Å². The van der Waals surface area contributed by atoms with E-state index in [4.69, 9.17) is 4.52 Å².